The van der Waals surface area contributed by atoms with E-state index in [1.54, 1.807) is 6.92 Å². The Balaban J connectivity index is 1.80. The van der Waals surface area contributed by atoms with Crippen LogP contribution in [-0.4, -0.2) is 21.5 Å². The number of halogens is 2. The van der Waals surface area contributed by atoms with Crippen LogP contribution >= 0.6 is 23.2 Å². The summed E-state index contributed by atoms with van der Waals surface area (Å²) in [6, 6.07) is 7.37. The highest BCUT2D eigenvalue weighted by Gasteiger charge is 2.68. The Morgan fingerprint density at radius 2 is 2.05 bits per heavy atom. The van der Waals surface area contributed by atoms with E-state index >= 15 is 0 Å². The van der Waals surface area contributed by atoms with Gasteiger partial charge in [0, 0.05) is 6.42 Å². The number of aliphatic hydroxyl groups is 1. The summed E-state index contributed by atoms with van der Waals surface area (Å²) in [5.74, 6) is -0.196. The summed E-state index contributed by atoms with van der Waals surface area (Å²) in [6.07, 6.45) is 0.410. The molecule has 0 aromatic heterocycles. The number of benzene rings is 1. The van der Waals surface area contributed by atoms with Crippen LogP contribution in [0.1, 0.15) is 30.5 Å². The third-order valence-corrected chi connectivity index (χ3v) is 5.35. The number of alkyl halides is 2. The fourth-order valence-corrected chi connectivity index (χ4v) is 3.40. The molecular weight excluding hydrogens is 285 g/mol. The van der Waals surface area contributed by atoms with E-state index in [0.29, 0.717) is 12.8 Å². The SMILES string of the molecule is C[C@]1(C(=O)N[C@@H]2c3ccccc3C[C@@H]2O)CC1(Cl)Cl. The lowest BCUT2D eigenvalue weighted by atomic mass is 10.0. The largest absolute Gasteiger partial charge is 0.390 e. The fraction of sp³-hybridized carbons (Fsp3) is 0.500. The highest BCUT2D eigenvalue weighted by molar-refractivity contribution is 6.53. The number of hydrogen-bond acceptors (Lipinski definition) is 2. The van der Waals surface area contributed by atoms with Crippen molar-refractivity contribution in [2.45, 2.75) is 36.2 Å². The van der Waals surface area contributed by atoms with Crippen LogP contribution in [-0.2, 0) is 11.2 Å². The summed E-state index contributed by atoms with van der Waals surface area (Å²) in [5, 5.41) is 13.0. The Labute approximate surface area is 121 Å². The molecule has 0 spiro atoms. The van der Waals surface area contributed by atoms with Gasteiger partial charge in [-0.2, -0.15) is 0 Å². The number of fused-ring (bicyclic) bond motifs is 1. The number of rotatable bonds is 2. The van der Waals surface area contributed by atoms with Crippen LogP contribution in [0.4, 0.5) is 0 Å². The van der Waals surface area contributed by atoms with Crippen molar-refractivity contribution < 1.29 is 9.90 Å². The van der Waals surface area contributed by atoms with Crippen LogP contribution in [0.2, 0.25) is 0 Å². The van der Waals surface area contributed by atoms with Crippen LogP contribution in [0.25, 0.3) is 0 Å². The number of amides is 1. The van der Waals surface area contributed by atoms with Gasteiger partial charge in [-0.25, -0.2) is 0 Å². The van der Waals surface area contributed by atoms with Crippen molar-refractivity contribution in [2.75, 3.05) is 0 Å². The topological polar surface area (TPSA) is 49.3 Å². The first kappa shape index (κ1) is 13.2. The van der Waals surface area contributed by atoms with E-state index in [0.717, 1.165) is 11.1 Å². The number of nitrogens with one attached hydrogen (secondary N) is 1. The van der Waals surface area contributed by atoms with Gasteiger partial charge in [-0.05, 0) is 24.5 Å². The monoisotopic (exact) mass is 299 g/mol. The molecule has 19 heavy (non-hydrogen) atoms. The van der Waals surface area contributed by atoms with Crippen molar-refractivity contribution in [1.29, 1.82) is 0 Å². The van der Waals surface area contributed by atoms with Gasteiger partial charge in [0.05, 0.1) is 17.6 Å². The molecule has 3 nitrogen and oxygen atoms in total. The lowest BCUT2D eigenvalue weighted by Crippen LogP contribution is -2.39. The molecule has 0 unspecified atom stereocenters. The molecule has 2 aliphatic carbocycles. The molecule has 2 N–H and O–H groups in total. The van der Waals surface area contributed by atoms with Crippen molar-refractivity contribution in [1.82, 2.24) is 5.32 Å². The summed E-state index contributed by atoms with van der Waals surface area (Å²) < 4.78 is -0.986. The molecule has 0 heterocycles. The van der Waals surface area contributed by atoms with Gasteiger partial charge < -0.3 is 10.4 Å². The van der Waals surface area contributed by atoms with Crippen LogP contribution in [0.15, 0.2) is 24.3 Å². The molecular formula is C14H15Cl2NO2. The Kier molecular flexibility index (Phi) is 2.86. The van der Waals surface area contributed by atoms with E-state index in [-0.39, 0.29) is 11.9 Å². The minimum Gasteiger partial charge on any atom is -0.390 e. The van der Waals surface area contributed by atoms with Gasteiger partial charge in [0.25, 0.3) is 0 Å². The number of carbonyl (C=O) groups is 1. The minimum absolute atomic E-state index is 0.196. The maximum Gasteiger partial charge on any atom is 0.229 e. The summed E-state index contributed by atoms with van der Waals surface area (Å²) in [5.41, 5.74) is 1.29. The Morgan fingerprint density at radius 1 is 1.42 bits per heavy atom. The molecule has 2 aliphatic rings. The molecule has 1 fully saturated rings. The molecule has 102 valence electrons. The van der Waals surface area contributed by atoms with Gasteiger partial charge in [-0.1, -0.05) is 24.3 Å². The second-order valence-electron chi connectivity index (χ2n) is 5.63. The Morgan fingerprint density at radius 3 is 2.68 bits per heavy atom. The molecule has 1 saturated carbocycles. The highest BCUT2D eigenvalue weighted by Crippen LogP contribution is 2.64. The van der Waals surface area contributed by atoms with Crippen molar-refractivity contribution in [3.63, 3.8) is 0 Å². The van der Waals surface area contributed by atoms with Gasteiger partial charge in [0.15, 0.2) is 0 Å². The zero-order valence-corrected chi connectivity index (χ0v) is 12.0. The van der Waals surface area contributed by atoms with Gasteiger partial charge in [-0.15, -0.1) is 23.2 Å². The maximum atomic E-state index is 12.3. The van der Waals surface area contributed by atoms with Gasteiger partial charge in [-0.3, -0.25) is 4.79 Å². The third-order valence-electron chi connectivity index (χ3n) is 4.25. The molecule has 0 bridgehead atoms. The lowest BCUT2D eigenvalue weighted by molar-refractivity contribution is -0.127. The summed E-state index contributed by atoms with van der Waals surface area (Å²) in [7, 11) is 0. The van der Waals surface area contributed by atoms with E-state index in [1.165, 1.54) is 0 Å². The average Bonchev–Trinajstić information content (AvgIpc) is 2.72. The smallest absolute Gasteiger partial charge is 0.229 e. The van der Waals surface area contributed by atoms with E-state index in [4.69, 9.17) is 23.2 Å². The van der Waals surface area contributed by atoms with E-state index in [2.05, 4.69) is 5.32 Å². The van der Waals surface area contributed by atoms with Crippen LogP contribution < -0.4 is 5.32 Å². The van der Waals surface area contributed by atoms with Crippen LogP contribution in [0.3, 0.4) is 0 Å². The van der Waals surface area contributed by atoms with Gasteiger partial charge >= 0.3 is 0 Å². The lowest BCUT2D eigenvalue weighted by Gasteiger charge is -2.21. The highest BCUT2D eigenvalue weighted by atomic mass is 35.5. The molecule has 0 radical (unpaired) electrons. The van der Waals surface area contributed by atoms with Crippen molar-refractivity contribution in [3.05, 3.63) is 35.4 Å². The second-order valence-corrected chi connectivity index (χ2v) is 7.12. The Hall–Kier alpha value is -0.770. The summed E-state index contributed by atoms with van der Waals surface area (Å²) >= 11 is 12.0. The normalized spacial score (nSPS) is 34.7. The van der Waals surface area contributed by atoms with E-state index in [1.807, 2.05) is 24.3 Å². The van der Waals surface area contributed by atoms with Gasteiger partial charge in [0.2, 0.25) is 5.91 Å². The second kappa shape index (κ2) is 4.11. The van der Waals surface area contributed by atoms with Gasteiger partial charge in [0.1, 0.15) is 4.33 Å². The molecule has 1 amide bonds. The standard InChI is InChI=1S/C14H15Cl2NO2/c1-13(7-14(13,15)16)12(19)17-11-9-5-3-2-4-8(9)6-10(11)18/h2-5,10-11,18H,6-7H2,1H3,(H,17,19)/t10-,11+,13+/m0/s1. The fourth-order valence-electron chi connectivity index (χ4n) is 2.69. The minimum atomic E-state index is -0.986. The maximum absolute atomic E-state index is 12.3. The third kappa shape index (κ3) is 1.95. The molecule has 3 atom stereocenters. The predicted molar refractivity (Wildman–Crippen MR) is 74.2 cm³/mol. The van der Waals surface area contributed by atoms with E-state index in [9.17, 15) is 9.90 Å². The number of carbonyl (C=O) groups excluding carboxylic acids is 1. The summed E-state index contributed by atoms with van der Waals surface area (Å²) in [4.78, 5) is 12.3. The summed E-state index contributed by atoms with van der Waals surface area (Å²) in [6.45, 7) is 1.75. The molecule has 1 aromatic carbocycles. The molecule has 1 aromatic rings. The number of aliphatic hydroxyl groups excluding tert-OH is 1. The van der Waals surface area contributed by atoms with Crippen molar-refractivity contribution >= 4 is 29.1 Å². The molecule has 5 heteroatoms. The first-order valence-electron chi connectivity index (χ1n) is 6.30. The predicted octanol–water partition coefficient (Wildman–Crippen LogP) is 2.34. The van der Waals surface area contributed by atoms with Crippen LogP contribution in [0.5, 0.6) is 0 Å². The molecule has 3 rings (SSSR count). The van der Waals surface area contributed by atoms with Crippen molar-refractivity contribution in [2.24, 2.45) is 5.41 Å². The average molecular weight is 300 g/mol. The first-order valence-corrected chi connectivity index (χ1v) is 7.05. The van der Waals surface area contributed by atoms with Crippen LogP contribution in [0, 0.1) is 5.41 Å². The van der Waals surface area contributed by atoms with E-state index < -0.39 is 15.9 Å². The zero-order chi connectivity index (χ0) is 13.8. The number of hydrogen-bond donors (Lipinski definition) is 2. The molecule has 0 aliphatic heterocycles. The van der Waals surface area contributed by atoms with Crippen molar-refractivity contribution in [3.8, 4) is 0 Å². The first-order chi connectivity index (χ1) is 8.85. The quantitative estimate of drug-likeness (QED) is 0.824. The molecule has 0 saturated heterocycles. The Bertz CT molecular complexity index is 546. The zero-order valence-electron chi connectivity index (χ0n) is 10.5.